The lowest BCUT2D eigenvalue weighted by Crippen LogP contribution is -2.53. The first-order valence-electron chi connectivity index (χ1n) is 4.90. The fourth-order valence-electron chi connectivity index (χ4n) is 1.95. The zero-order valence-electron chi connectivity index (χ0n) is 8.80. The second-order valence-electron chi connectivity index (χ2n) is 5.18. The molecular weight excluding hydrogens is 148 g/mol. The highest BCUT2D eigenvalue weighted by Gasteiger charge is 2.29. The van der Waals surface area contributed by atoms with Gasteiger partial charge in [0.25, 0.3) is 0 Å². The zero-order valence-corrected chi connectivity index (χ0v) is 8.80. The van der Waals surface area contributed by atoms with Gasteiger partial charge in [0.05, 0.1) is 0 Å². The van der Waals surface area contributed by atoms with Gasteiger partial charge in [-0.15, -0.1) is 0 Å². The normalized spacial score (nSPS) is 33.8. The number of piperidine rings is 1. The molecule has 2 heteroatoms. The van der Waals surface area contributed by atoms with Crippen LogP contribution in [0, 0.1) is 5.92 Å². The third-order valence-electron chi connectivity index (χ3n) is 2.64. The Balaban J connectivity index is 2.55. The van der Waals surface area contributed by atoms with Gasteiger partial charge in [-0.1, -0.05) is 6.92 Å². The van der Waals surface area contributed by atoms with Crippen LogP contribution in [0.25, 0.3) is 0 Å². The number of hydrogen-bond acceptors (Lipinski definition) is 2. The van der Waals surface area contributed by atoms with Gasteiger partial charge in [0.15, 0.2) is 0 Å². The van der Waals surface area contributed by atoms with Crippen LogP contribution in [0.5, 0.6) is 0 Å². The summed E-state index contributed by atoms with van der Waals surface area (Å²) in [5.74, 6) is 0.757. The molecular formula is C10H22N2. The molecule has 12 heavy (non-hydrogen) atoms. The van der Waals surface area contributed by atoms with Crippen LogP contribution in [0.3, 0.4) is 0 Å². The summed E-state index contributed by atoms with van der Waals surface area (Å²) in [7, 11) is 0. The van der Waals surface area contributed by atoms with Crippen molar-refractivity contribution in [3.8, 4) is 0 Å². The van der Waals surface area contributed by atoms with E-state index in [4.69, 9.17) is 5.73 Å². The maximum atomic E-state index is 5.97. The van der Waals surface area contributed by atoms with E-state index in [1.54, 1.807) is 0 Å². The first-order valence-corrected chi connectivity index (χ1v) is 4.90. The van der Waals surface area contributed by atoms with Crippen LogP contribution in [0.4, 0.5) is 0 Å². The van der Waals surface area contributed by atoms with Crippen molar-refractivity contribution < 1.29 is 0 Å². The van der Waals surface area contributed by atoms with Gasteiger partial charge in [-0.2, -0.15) is 0 Å². The molecule has 2 nitrogen and oxygen atoms in total. The molecule has 0 aromatic carbocycles. The predicted molar refractivity (Wildman–Crippen MR) is 53.1 cm³/mol. The Hall–Kier alpha value is -0.0800. The summed E-state index contributed by atoms with van der Waals surface area (Å²) in [6, 6.07) is 0.382. The monoisotopic (exact) mass is 170 g/mol. The molecule has 0 unspecified atom stereocenters. The van der Waals surface area contributed by atoms with Gasteiger partial charge in [-0.3, -0.25) is 4.90 Å². The lowest BCUT2D eigenvalue weighted by molar-refractivity contribution is 0.0732. The van der Waals surface area contributed by atoms with Crippen LogP contribution in [0.2, 0.25) is 0 Å². The summed E-state index contributed by atoms with van der Waals surface area (Å²) in [6.07, 6.45) is 1.19. The van der Waals surface area contributed by atoms with E-state index in [0.29, 0.717) is 6.04 Å². The smallest absolute Gasteiger partial charge is 0.0171 e. The third kappa shape index (κ3) is 2.46. The van der Waals surface area contributed by atoms with Crippen LogP contribution in [0.15, 0.2) is 0 Å². The third-order valence-corrected chi connectivity index (χ3v) is 2.64. The summed E-state index contributed by atoms with van der Waals surface area (Å²) in [5.41, 5.74) is 6.25. The lowest BCUT2D eigenvalue weighted by atomic mass is 9.92. The Kier molecular flexibility index (Phi) is 2.79. The van der Waals surface area contributed by atoms with E-state index >= 15 is 0 Å². The average molecular weight is 170 g/mol. The van der Waals surface area contributed by atoms with E-state index in [0.717, 1.165) is 12.5 Å². The Morgan fingerprint density at radius 1 is 1.25 bits per heavy atom. The highest BCUT2D eigenvalue weighted by atomic mass is 15.2. The van der Waals surface area contributed by atoms with E-state index in [-0.39, 0.29) is 5.54 Å². The topological polar surface area (TPSA) is 29.3 Å². The number of nitrogens with zero attached hydrogens (tertiary/aromatic N) is 1. The zero-order chi connectivity index (χ0) is 9.35. The molecule has 1 saturated heterocycles. The Morgan fingerprint density at radius 3 is 2.25 bits per heavy atom. The minimum Gasteiger partial charge on any atom is -0.327 e. The fraction of sp³-hybridized carbons (Fsp3) is 1.00. The van der Waals surface area contributed by atoms with Gasteiger partial charge in [0.1, 0.15) is 0 Å². The summed E-state index contributed by atoms with van der Waals surface area (Å²) in [6.45, 7) is 11.3. The van der Waals surface area contributed by atoms with E-state index in [1.165, 1.54) is 13.0 Å². The molecule has 0 bridgehead atoms. The molecule has 1 rings (SSSR count). The van der Waals surface area contributed by atoms with Crippen LogP contribution in [-0.4, -0.2) is 29.6 Å². The van der Waals surface area contributed by atoms with Gasteiger partial charge >= 0.3 is 0 Å². The molecule has 0 aliphatic carbocycles. The number of hydrogen-bond donors (Lipinski definition) is 1. The van der Waals surface area contributed by atoms with Crippen molar-refractivity contribution in [1.82, 2.24) is 4.90 Å². The molecule has 0 amide bonds. The van der Waals surface area contributed by atoms with Crippen LogP contribution < -0.4 is 5.73 Å². The van der Waals surface area contributed by atoms with E-state index in [2.05, 4.69) is 32.6 Å². The van der Waals surface area contributed by atoms with Gasteiger partial charge in [0.2, 0.25) is 0 Å². The highest BCUT2D eigenvalue weighted by Crippen LogP contribution is 2.22. The van der Waals surface area contributed by atoms with Gasteiger partial charge in [-0.05, 0) is 33.1 Å². The molecule has 0 spiro atoms. The second kappa shape index (κ2) is 3.35. The van der Waals surface area contributed by atoms with Gasteiger partial charge in [-0.25, -0.2) is 0 Å². The quantitative estimate of drug-likeness (QED) is 0.596. The molecule has 1 aliphatic rings. The van der Waals surface area contributed by atoms with Crippen molar-refractivity contribution in [3.63, 3.8) is 0 Å². The Labute approximate surface area is 76.1 Å². The first kappa shape index (κ1) is 10.0. The highest BCUT2D eigenvalue weighted by molar-refractivity contribution is 4.86. The molecule has 0 aromatic heterocycles. The summed E-state index contributed by atoms with van der Waals surface area (Å²) >= 11 is 0. The Morgan fingerprint density at radius 2 is 1.83 bits per heavy atom. The number of likely N-dealkylation sites (tertiary alicyclic amines) is 1. The molecule has 0 radical (unpaired) electrons. The van der Waals surface area contributed by atoms with Gasteiger partial charge < -0.3 is 5.73 Å². The molecule has 1 heterocycles. The SMILES string of the molecule is C[C@H]1C[C@H](N)CN(C(C)(C)C)C1. The van der Waals surface area contributed by atoms with Crippen LogP contribution in [0.1, 0.15) is 34.1 Å². The summed E-state index contributed by atoms with van der Waals surface area (Å²) < 4.78 is 0. The van der Waals surface area contributed by atoms with Crippen molar-refractivity contribution in [1.29, 1.82) is 0 Å². The van der Waals surface area contributed by atoms with Crippen molar-refractivity contribution in [3.05, 3.63) is 0 Å². The molecule has 2 atom stereocenters. The van der Waals surface area contributed by atoms with E-state index < -0.39 is 0 Å². The lowest BCUT2D eigenvalue weighted by Gasteiger charge is -2.43. The molecule has 1 aliphatic heterocycles. The fourth-order valence-corrected chi connectivity index (χ4v) is 1.95. The molecule has 0 aromatic rings. The van der Waals surface area contributed by atoms with Gasteiger partial charge in [0, 0.05) is 24.7 Å². The van der Waals surface area contributed by atoms with Crippen LogP contribution >= 0.6 is 0 Å². The van der Waals surface area contributed by atoms with E-state index in [9.17, 15) is 0 Å². The Bertz CT molecular complexity index is 138. The predicted octanol–water partition coefficient (Wildman–Crippen LogP) is 1.45. The molecule has 72 valence electrons. The minimum absolute atomic E-state index is 0.284. The van der Waals surface area contributed by atoms with Crippen molar-refractivity contribution in [2.75, 3.05) is 13.1 Å². The average Bonchev–Trinajstić information content (AvgIpc) is 1.82. The largest absolute Gasteiger partial charge is 0.327 e. The summed E-state index contributed by atoms with van der Waals surface area (Å²) in [4.78, 5) is 2.49. The van der Waals surface area contributed by atoms with Crippen molar-refractivity contribution in [2.45, 2.75) is 45.7 Å². The maximum absolute atomic E-state index is 5.97. The first-order chi connectivity index (χ1) is 5.39. The van der Waals surface area contributed by atoms with Crippen LogP contribution in [-0.2, 0) is 0 Å². The van der Waals surface area contributed by atoms with E-state index in [1.807, 2.05) is 0 Å². The number of rotatable bonds is 0. The summed E-state index contributed by atoms with van der Waals surface area (Å²) in [5, 5.41) is 0. The molecule has 2 N–H and O–H groups in total. The van der Waals surface area contributed by atoms with Crippen molar-refractivity contribution in [2.24, 2.45) is 11.7 Å². The van der Waals surface area contributed by atoms with Crippen molar-refractivity contribution >= 4 is 0 Å². The number of nitrogens with two attached hydrogens (primary N) is 1. The minimum atomic E-state index is 0.284. The second-order valence-corrected chi connectivity index (χ2v) is 5.18. The molecule has 1 fully saturated rings. The maximum Gasteiger partial charge on any atom is 0.0171 e. The standard InChI is InChI=1S/C10H22N2/c1-8-5-9(11)7-12(6-8)10(2,3)4/h8-9H,5-7,11H2,1-4H3/t8-,9-/m0/s1. The molecule has 0 saturated carbocycles.